The summed E-state index contributed by atoms with van der Waals surface area (Å²) in [7, 11) is 0. The molecule has 6 nitrogen and oxygen atoms in total. The lowest BCUT2D eigenvalue weighted by molar-refractivity contribution is -0.105. The lowest BCUT2D eigenvalue weighted by atomic mass is 9.94. The summed E-state index contributed by atoms with van der Waals surface area (Å²) in [5.41, 5.74) is 1.70. The maximum atomic E-state index is 12.2. The number of aryl methyl sites for hydroxylation is 1. The van der Waals surface area contributed by atoms with Crippen LogP contribution >= 0.6 is 0 Å². The lowest BCUT2D eigenvalue weighted by Crippen LogP contribution is -2.40. The van der Waals surface area contributed by atoms with E-state index in [4.69, 9.17) is 9.47 Å². The molecule has 124 valence electrons. The van der Waals surface area contributed by atoms with Crippen molar-refractivity contribution >= 4 is 11.6 Å². The summed E-state index contributed by atoms with van der Waals surface area (Å²) in [6, 6.07) is 5.46. The van der Waals surface area contributed by atoms with E-state index in [2.05, 4.69) is 15.3 Å². The highest BCUT2D eigenvalue weighted by molar-refractivity contribution is 6.02. The van der Waals surface area contributed by atoms with Crippen molar-refractivity contribution in [1.29, 1.82) is 0 Å². The molecule has 0 saturated heterocycles. The molecule has 4 rings (SSSR count). The molecule has 1 saturated carbocycles. The number of hydrogen-bond acceptors (Lipinski definition) is 5. The number of amides is 1. The van der Waals surface area contributed by atoms with Gasteiger partial charge in [-0.3, -0.25) is 9.78 Å². The van der Waals surface area contributed by atoms with Crippen molar-refractivity contribution in [3.05, 3.63) is 42.0 Å². The van der Waals surface area contributed by atoms with E-state index < -0.39 is 5.79 Å². The first-order valence-electron chi connectivity index (χ1n) is 8.26. The molecule has 1 amide bonds. The van der Waals surface area contributed by atoms with Gasteiger partial charge in [0, 0.05) is 30.8 Å². The van der Waals surface area contributed by atoms with Crippen LogP contribution in [0, 0.1) is 6.92 Å². The molecule has 1 aliphatic carbocycles. The number of hydrogen-bond donors (Lipinski definition) is 1. The fourth-order valence-corrected chi connectivity index (χ4v) is 3.17. The van der Waals surface area contributed by atoms with Crippen molar-refractivity contribution in [2.75, 3.05) is 5.32 Å². The van der Waals surface area contributed by atoms with Gasteiger partial charge in [0.2, 0.25) is 0 Å². The van der Waals surface area contributed by atoms with E-state index in [0.29, 0.717) is 11.4 Å². The van der Waals surface area contributed by atoms with E-state index in [1.54, 1.807) is 12.3 Å². The molecule has 0 atom stereocenters. The molecule has 1 spiro atoms. The molecular formula is C18H19N3O3. The number of carbonyl (C=O) groups excluding carboxylic acids is 1. The van der Waals surface area contributed by atoms with Gasteiger partial charge in [0.05, 0.1) is 11.9 Å². The van der Waals surface area contributed by atoms with Crippen molar-refractivity contribution in [3.8, 4) is 11.5 Å². The van der Waals surface area contributed by atoms with Crippen molar-refractivity contribution in [3.63, 3.8) is 0 Å². The molecule has 1 fully saturated rings. The van der Waals surface area contributed by atoms with Crippen molar-refractivity contribution in [2.24, 2.45) is 0 Å². The van der Waals surface area contributed by atoms with E-state index in [1.807, 2.05) is 19.1 Å². The third-order valence-corrected chi connectivity index (χ3v) is 4.42. The van der Waals surface area contributed by atoms with Gasteiger partial charge in [-0.25, -0.2) is 4.98 Å². The molecule has 0 bridgehead atoms. The zero-order chi connectivity index (χ0) is 16.6. The van der Waals surface area contributed by atoms with E-state index in [-0.39, 0.29) is 11.6 Å². The summed E-state index contributed by atoms with van der Waals surface area (Å²) >= 11 is 0. The van der Waals surface area contributed by atoms with Crippen LogP contribution in [0.1, 0.15) is 48.3 Å². The van der Waals surface area contributed by atoms with Gasteiger partial charge in [-0.2, -0.15) is 0 Å². The highest BCUT2D eigenvalue weighted by Gasteiger charge is 2.42. The fourth-order valence-electron chi connectivity index (χ4n) is 3.17. The molecule has 0 radical (unpaired) electrons. The highest BCUT2D eigenvalue weighted by atomic mass is 16.7. The minimum atomic E-state index is -0.508. The topological polar surface area (TPSA) is 73.3 Å². The number of nitrogens with one attached hydrogen (secondary N) is 1. The molecule has 1 N–H and O–H groups in total. The molecule has 0 unspecified atom stereocenters. The van der Waals surface area contributed by atoms with Crippen LogP contribution in [0.5, 0.6) is 11.5 Å². The van der Waals surface area contributed by atoms with Crippen molar-refractivity contribution in [1.82, 2.24) is 9.97 Å². The summed E-state index contributed by atoms with van der Waals surface area (Å²) in [5.74, 6) is 0.620. The molecule has 1 aromatic carbocycles. The third kappa shape index (κ3) is 2.79. The summed E-state index contributed by atoms with van der Waals surface area (Å²) in [5, 5.41) is 2.82. The highest BCUT2D eigenvalue weighted by Crippen LogP contribution is 2.46. The second kappa shape index (κ2) is 5.78. The second-order valence-corrected chi connectivity index (χ2v) is 6.33. The van der Waals surface area contributed by atoms with Gasteiger partial charge in [0.1, 0.15) is 5.69 Å². The summed E-state index contributed by atoms with van der Waals surface area (Å²) in [4.78, 5) is 20.4. The summed E-state index contributed by atoms with van der Waals surface area (Å²) in [6.45, 7) is 1.83. The van der Waals surface area contributed by atoms with E-state index in [1.165, 1.54) is 12.6 Å². The average Bonchev–Trinajstić information content (AvgIpc) is 2.92. The summed E-state index contributed by atoms with van der Waals surface area (Å²) < 4.78 is 12.1. The number of fused-ring (bicyclic) bond motifs is 1. The standard InChI is InChI=1S/C18H19N3O3/c1-12-10-20-14(11-19-12)17(22)21-13-5-6-15-16(9-13)24-18(23-15)7-3-2-4-8-18/h5-6,9-11H,2-4,7-8H2,1H3,(H,21,22). The Kier molecular flexibility index (Phi) is 3.59. The van der Waals surface area contributed by atoms with Crippen molar-refractivity contribution < 1.29 is 14.3 Å². The Morgan fingerprint density at radius 1 is 1.08 bits per heavy atom. The first-order chi connectivity index (χ1) is 11.6. The van der Waals surface area contributed by atoms with Crippen LogP contribution in [0.3, 0.4) is 0 Å². The molecule has 6 heteroatoms. The molecule has 2 heterocycles. The minimum absolute atomic E-state index is 0.280. The van der Waals surface area contributed by atoms with Gasteiger partial charge in [-0.1, -0.05) is 6.42 Å². The number of anilines is 1. The number of nitrogens with zero attached hydrogens (tertiary/aromatic N) is 2. The maximum absolute atomic E-state index is 12.2. The van der Waals surface area contributed by atoms with Crippen LogP contribution in [0.4, 0.5) is 5.69 Å². The quantitative estimate of drug-likeness (QED) is 0.915. The predicted octanol–water partition coefficient (Wildman–Crippen LogP) is 3.47. The maximum Gasteiger partial charge on any atom is 0.275 e. The van der Waals surface area contributed by atoms with Gasteiger partial charge in [-0.05, 0) is 31.9 Å². The lowest BCUT2D eigenvalue weighted by Gasteiger charge is -2.31. The molecule has 1 aromatic heterocycles. The van der Waals surface area contributed by atoms with Crippen molar-refractivity contribution in [2.45, 2.75) is 44.8 Å². The first kappa shape index (κ1) is 14.9. The number of benzene rings is 1. The molecular weight excluding hydrogens is 306 g/mol. The third-order valence-electron chi connectivity index (χ3n) is 4.42. The Morgan fingerprint density at radius 3 is 2.62 bits per heavy atom. The Labute approximate surface area is 140 Å². The van der Waals surface area contributed by atoms with E-state index in [0.717, 1.165) is 37.1 Å². The van der Waals surface area contributed by atoms with Gasteiger partial charge in [-0.15, -0.1) is 0 Å². The number of carbonyl (C=O) groups is 1. The minimum Gasteiger partial charge on any atom is -0.448 e. The van der Waals surface area contributed by atoms with Gasteiger partial charge < -0.3 is 14.8 Å². The monoisotopic (exact) mass is 325 g/mol. The number of rotatable bonds is 2. The SMILES string of the molecule is Cc1cnc(C(=O)Nc2ccc3c(c2)OC2(CCCCC2)O3)cn1. The first-order valence-corrected chi connectivity index (χ1v) is 8.26. The van der Waals surface area contributed by atoms with E-state index in [9.17, 15) is 4.79 Å². The van der Waals surface area contributed by atoms with E-state index >= 15 is 0 Å². The summed E-state index contributed by atoms with van der Waals surface area (Å²) in [6.07, 6.45) is 8.30. The van der Waals surface area contributed by atoms with Gasteiger partial charge in [0.15, 0.2) is 11.5 Å². The Morgan fingerprint density at radius 2 is 1.88 bits per heavy atom. The Hall–Kier alpha value is -2.63. The number of aromatic nitrogens is 2. The largest absolute Gasteiger partial charge is 0.448 e. The van der Waals surface area contributed by atoms with Gasteiger partial charge >= 0.3 is 0 Å². The Balaban J connectivity index is 1.50. The van der Waals surface area contributed by atoms with Crippen LogP contribution in [0.25, 0.3) is 0 Å². The molecule has 2 aliphatic rings. The molecule has 24 heavy (non-hydrogen) atoms. The average molecular weight is 325 g/mol. The predicted molar refractivity (Wildman–Crippen MR) is 88.2 cm³/mol. The molecule has 2 aromatic rings. The van der Waals surface area contributed by atoms with Crippen LogP contribution in [0.15, 0.2) is 30.6 Å². The van der Waals surface area contributed by atoms with Gasteiger partial charge in [0.25, 0.3) is 11.7 Å². The second-order valence-electron chi connectivity index (χ2n) is 6.33. The van der Waals surface area contributed by atoms with Crippen LogP contribution < -0.4 is 14.8 Å². The smallest absolute Gasteiger partial charge is 0.275 e. The fraction of sp³-hybridized carbons (Fsp3) is 0.389. The Bertz CT molecular complexity index is 768. The van der Waals surface area contributed by atoms with Crippen LogP contribution in [-0.2, 0) is 0 Å². The van der Waals surface area contributed by atoms with Crippen LogP contribution in [0.2, 0.25) is 0 Å². The number of ether oxygens (including phenoxy) is 2. The van der Waals surface area contributed by atoms with Crippen LogP contribution in [-0.4, -0.2) is 21.7 Å². The normalized spacial score (nSPS) is 17.7. The zero-order valence-electron chi connectivity index (χ0n) is 13.5. The zero-order valence-corrected chi connectivity index (χ0v) is 13.5. The molecule has 1 aliphatic heterocycles.